The second-order valence-electron chi connectivity index (χ2n) is 3.22. The van der Waals surface area contributed by atoms with Crippen LogP contribution >= 0.6 is 0 Å². The molecule has 16 heavy (non-hydrogen) atoms. The molecule has 0 aliphatic carbocycles. The molecular weight excluding hydrogens is 210 g/mol. The highest BCUT2D eigenvalue weighted by Crippen LogP contribution is 2.08. The lowest BCUT2D eigenvalue weighted by molar-refractivity contribution is -0.389. The number of nitrogens with two attached hydrogens (primary N) is 1. The molecule has 2 heterocycles. The minimum absolute atomic E-state index is 0.177. The van der Waals surface area contributed by atoms with Crippen molar-refractivity contribution in [1.29, 1.82) is 0 Å². The van der Waals surface area contributed by atoms with E-state index in [9.17, 15) is 10.1 Å². The molecule has 0 bridgehead atoms. The first-order chi connectivity index (χ1) is 7.65. The van der Waals surface area contributed by atoms with Gasteiger partial charge in [-0.05, 0) is 22.0 Å². The van der Waals surface area contributed by atoms with Crippen molar-refractivity contribution >= 4 is 11.6 Å². The number of nitro groups is 1. The summed E-state index contributed by atoms with van der Waals surface area (Å²) in [6.07, 6.45) is 2.74. The van der Waals surface area contributed by atoms with E-state index in [2.05, 4.69) is 9.97 Å². The molecule has 82 valence electrons. The van der Waals surface area contributed by atoms with Gasteiger partial charge in [0.2, 0.25) is 6.33 Å². The molecule has 0 aliphatic heterocycles. The molecule has 0 aromatic carbocycles. The minimum Gasteiger partial charge on any atom is -0.384 e. The van der Waals surface area contributed by atoms with Gasteiger partial charge in [-0.3, -0.25) is 0 Å². The Labute approximate surface area is 90.7 Å². The van der Waals surface area contributed by atoms with Gasteiger partial charge in [-0.2, -0.15) is 0 Å². The van der Waals surface area contributed by atoms with Crippen LogP contribution in [-0.4, -0.2) is 19.5 Å². The van der Waals surface area contributed by atoms with Crippen LogP contribution in [0.25, 0.3) is 0 Å². The van der Waals surface area contributed by atoms with Crippen LogP contribution in [0.3, 0.4) is 0 Å². The van der Waals surface area contributed by atoms with Gasteiger partial charge >= 0.3 is 5.82 Å². The van der Waals surface area contributed by atoms with E-state index in [1.54, 1.807) is 22.8 Å². The van der Waals surface area contributed by atoms with Crippen molar-refractivity contribution in [1.82, 2.24) is 14.5 Å². The maximum absolute atomic E-state index is 10.4. The maximum atomic E-state index is 10.4. The highest BCUT2D eigenvalue weighted by molar-refractivity contribution is 5.29. The predicted octanol–water partition coefficient (Wildman–Crippen LogP) is 0.817. The SMILES string of the molecule is Nc1cccc(Cn2cnc([N+](=O)[O-])c2)n1. The van der Waals surface area contributed by atoms with Crippen LogP contribution in [0.15, 0.2) is 30.7 Å². The number of rotatable bonds is 3. The third kappa shape index (κ3) is 2.14. The van der Waals surface area contributed by atoms with E-state index in [4.69, 9.17) is 5.73 Å². The standard InChI is InChI=1S/C9H9N5O2/c10-8-3-1-2-7(12-8)4-13-5-9(11-6-13)14(15)16/h1-3,5-6H,4H2,(H2,10,12). The highest BCUT2D eigenvalue weighted by atomic mass is 16.6. The van der Waals surface area contributed by atoms with E-state index >= 15 is 0 Å². The van der Waals surface area contributed by atoms with E-state index in [-0.39, 0.29) is 5.82 Å². The Kier molecular flexibility index (Phi) is 2.50. The zero-order chi connectivity index (χ0) is 11.5. The second kappa shape index (κ2) is 3.97. The van der Waals surface area contributed by atoms with E-state index in [1.165, 1.54) is 12.5 Å². The Morgan fingerprint density at radius 3 is 2.94 bits per heavy atom. The monoisotopic (exact) mass is 219 g/mol. The lowest BCUT2D eigenvalue weighted by Gasteiger charge is -2.00. The van der Waals surface area contributed by atoms with Gasteiger partial charge in [0.1, 0.15) is 12.0 Å². The van der Waals surface area contributed by atoms with Gasteiger partial charge in [-0.25, -0.2) is 4.98 Å². The first kappa shape index (κ1) is 10.1. The summed E-state index contributed by atoms with van der Waals surface area (Å²) < 4.78 is 1.58. The van der Waals surface area contributed by atoms with Crippen molar-refractivity contribution < 1.29 is 4.92 Å². The molecule has 0 radical (unpaired) electrons. The summed E-state index contributed by atoms with van der Waals surface area (Å²) in [6.45, 7) is 0.409. The number of imidazole rings is 1. The molecule has 0 spiro atoms. The van der Waals surface area contributed by atoms with Crippen LogP contribution in [0, 0.1) is 10.1 Å². The highest BCUT2D eigenvalue weighted by Gasteiger charge is 2.09. The average Bonchev–Trinajstić information content (AvgIpc) is 2.66. The molecular formula is C9H9N5O2. The number of hydrogen-bond acceptors (Lipinski definition) is 5. The lowest BCUT2D eigenvalue weighted by atomic mass is 10.3. The van der Waals surface area contributed by atoms with Crippen LogP contribution in [0.5, 0.6) is 0 Å². The topological polar surface area (TPSA) is 99.9 Å². The first-order valence-electron chi connectivity index (χ1n) is 4.53. The van der Waals surface area contributed by atoms with Crippen molar-refractivity contribution in [2.24, 2.45) is 0 Å². The molecule has 2 aromatic heterocycles. The third-order valence-corrected chi connectivity index (χ3v) is 1.98. The molecule has 0 saturated heterocycles. The fourth-order valence-electron chi connectivity index (χ4n) is 1.30. The van der Waals surface area contributed by atoms with Gasteiger partial charge in [-0.15, -0.1) is 0 Å². The summed E-state index contributed by atoms with van der Waals surface area (Å²) in [5, 5.41) is 10.4. The van der Waals surface area contributed by atoms with Gasteiger partial charge < -0.3 is 20.4 Å². The van der Waals surface area contributed by atoms with E-state index in [1.807, 2.05) is 0 Å². The molecule has 0 amide bonds. The number of hydrogen-bond donors (Lipinski definition) is 1. The molecule has 0 saturated carbocycles. The molecule has 2 N–H and O–H groups in total. The van der Waals surface area contributed by atoms with Crippen molar-refractivity contribution in [3.8, 4) is 0 Å². The Hall–Kier alpha value is -2.44. The fourth-order valence-corrected chi connectivity index (χ4v) is 1.30. The average molecular weight is 219 g/mol. The van der Waals surface area contributed by atoms with Gasteiger partial charge in [0.05, 0.1) is 12.2 Å². The van der Waals surface area contributed by atoms with E-state index in [0.29, 0.717) is 12.4 Å². The Morgan fingerprint density at radius 2 is 2.31 bits per heavy atom. The van der Waals surface area contributed by atoms with Gasteiger partial charge in [-0.1, -0.05) is 6.07 Å². The van der Waals surface area contributed by atoms with Crippen LogP contribution < -0.4 is 5.73 Å². The summed E-state index contributed by atoms with van der Waals surface area (Å²) in [4.78, 5) is 17.6. The summed E-state index contributed by atoms with van der Waals surface area (Å²) in [5.41, 5.74) is 6.25. The van der Waals surface area contributed by atoms with Crippen molar-refractivity contribution in [3.05, 3.63) is 46.5 Å². The van der Waals surface area contributed by atoms with Crippen molar-refractivity contribution in [2.75, 3.05) is 5.73 Å². The lowest BCUT2D eigenvalue weighted by Crippen LogP contribution is -2.01. The Morgan fingerprint density at radius 1 is 1.50 bits per heavy atom. The molecule has 2 aromatic rings. The molecule has 0 unspecified atom stereocenters. The molecule has 0 atom stereocenters. The van der Waals surface area contributed by atoms with Crippen LogP contribution in [0.2, 0.25) is 0 Å². The molecule has 0 fully saturated rings. The number of aromatic nitrogens is 3. The molecule has 7 nitrogen and oxygen atoms in total. The number of nitrogens with zero attached hydrogens (tertiary/aromatic N) is 4. The second-order valence-corrected chi connectivity index (χ2v) is 3.22. The largest absolute Gasteiger partial charge is 0.384 e. The number of nitrogen functional groups attached to an aromatic ring is 1. The van der Waals surface area contributed by atoms with Crippen molar-refractivity contribution in [3.63, 3.8) is 0 Å². The van der Waals surface area contributed by atoms with Gasteiger partial charge in [0.15, 0.2) is 0 Å². The third-order valence-electron chi connectivity index (χ3n) is 1.98. The van der Waals surface area contributed by atoms with E-state index in [0.717, 1.165) is 5.69 Å². The predicted molar refractivity (Wildman–Crippen MR) is 56.6 cm³/mol. The van der Waals surface area contributed by atoms with Crippen LogP contribution in [0.1, 0.15) is 5.69 Å². The van der Waals surface area contributed by atoms with Gasteiger partial charge in [0.25, 0.3) is 0 Å². The normalized spacial score (nSPS) is 10.2. The Bertz CT molecular complexity index is 522. The number of pyridine rings is 1. The summed E-state index contributed by atoms with van der Waals surface area (Å²) in [5.74, 6) is 0.246. The van der Waals surface area contributed by atoms with Gasteiger partial charge in [0, 0.05) is 0 Å². The maximum Gasteiger partial charge on any atom is 0.381 e. The minimum atomic E-state index is -0.538. The smallest absolute Gasteiger partial charge is 0.381 e. The zero-order valence-electron chi connectivity index (χ0n) is 8.28. The summed E-state index contributed by atoms with van der Waals surface area (Å²) in [7, 11) is 0. The zero-order valence-corrected chi connectivity index (χ0v) is 8.28. The summed E-state index contributed by atoms with van der Waals surface area (Å²) >= 11 is 0. The fraction of sp³-hybridized carbons (Fsp3) is 0.111. The first-order valence-corrected chi connectivity index (χ1v) is 4.53. The Balaban J connectivity index is 2.17. The van der Waals surface area contributed by atoms with Crippen LogP contribution in [0.4, 0.5) is 11.6 Å². The van der Waals surface area contributed by atoms with Crippen molar-refractivity contribution in [2.45, 2.75) is 6.54 Å². The van der Waals surface area contributed by atoms with E-state index < -0.39 is 4.92 Å². The summed E-state index contributed by atoms with van der Waals surface area (Å²) in [6, 6.07) is 5.26. The molecule has 0 aliphatic rings. The quantitative estimate of drug-likeness (QED) is 0.608. The molecule has 7 heteroatoms. The number of anilines is 1. The molecule has 2 rings (SSSR count). The van der Waals surface area contributed by atoms with Crippen LogP contribution in [-0.2, 0) is 6.54 Å².